The average Bonchev–Trinajstić information content (AvgIpc) is 1.93. The molecular weight excluding hydrogens is 134 g/mol. The number of hydrogen-bond acceptors (Lipinski definition) is 4. The van der Waals surface area contributed by atoms with Crippen LogP contribution in [-0.2, 0) is 0 Å². The maximum Gasteiger partial charge on any atom is 0.135 e. The van der Waals surface area contributed by atoms with Crippen molar-refractivity contribution in [1.82, 2.24) is 4.90 Å². The van der Waals surface area contributed by atoms with Gasteiger partial charge in [-0.1, -0.05) is 0 Å². The summed E-state index contributed by atoms with van der Waals surface area (Å²) in [6.07, 6.45) is -2.18. The quantitative estimate of drug-likeness (QED) is 0.384. The van der Waals surface area contributed by atoms with E-state index in [-0.39, 0.29) is 0 Å². The number of likely N-dealkylation sites (N-methyl/N-ethyl adjacent to an activating group) is 1. The van der Waals surface area contributed by atoms with Gasteiger partial charge in [-0.15, -0.1) is 0 Å². The van der Waals surface area contributed by atoms with Crippen molar-refractivity contribution in [3.05, 3.63) is 0 Å². The number of nitrogens with zero attached hydrogens (tertiary/aromatic N) is 1. The summed E-state index contributed by atoms with van der Waals surface area (Å²) in [6, 6.07) is 0. The van der Waals surface area contributed by atoms with Crippen molar-refractivity contribution in [1.29, 1.82) is 0 Å². The second-order valence-electron chi connectivity index (χ2n) is 2.74. The summed E-state index contributed by atoms with van der Waals surface area (Å²) in [5.41, 5.74) is 0. The normalized spacial score (nSPS) is 43.8. The first-order valence-electron chi connectivity index (χ1n) is 3.37. The lowest BCUT2D eigenvalue weighted by Crippen LogP contribution is -2.52. The molecule has 4 heteroatoms. The van der Waals surface area contributed by atoms with Crippen molar-refractivity contribution in [2.24, 2.45) is 0 Å². The van der Waals surface area contributed by atoms with Crippen molar-refractivity contribution in [3.63, 3.8) is 0 Å². The van der Waals surface area contributed by atoms with E-state index in [1.54, 1.807) is 11.9 Å². The molecule has 0 aromatic rings. The Morgan fingerprint density at radius 2 is 1.90 bits per heavy atom. The number of rotatable bonds is 0. The zero-order valence-electron chi connectivity index (χ0n) is 5.94. The van der Waals surface area contributed by atoms with E-state index in [4.69, 9.17) is 15.3 Å². The molecule has 3 atom stereocenters. The van der Waals surface area contributed by atoms with Crippen molar-refractivity contribution in [3.8, 4) is 0 Å². The fourth-order valence-electron chi connectivity index (χ4n) is 1.10. The molecule has 10 heavy (non-hydrogen) atoms. The molecule has 0 aliphatic carbocycles. The average molecular weight is 147 g/mol. The summed E-state index contributed by atoms with van der Waals surface area (Å²) >= 11 is 0. The fourth-order valence-corrected chi connectivity index (χ4v) is 1.10. The van der Waals surface area contributed by atoms with Gasteiger partial charge in [0, 0.05) is 6.54 Å². The van der Waals surface area contributed by atoms with Crippen LogP contribution in [0.2, 0.25) is 0 Å². The van der Waals surface area contributed by atoms with Crippen molar-refractivity contribution in [2.45, 2.75) is 24.9 Å². The van der Waals surface area contributed by atoms with E-state index < -0.39 is 18.4 Å². The zero-order chi connectivity index (χ0) is 7.72. The lowest BCUT2D eigenvalue weighted by Gasteiger charge is -2.35. The number of aliphatic hydroxyl groups excluding tert-OH is 3. The lowest BCUT2D eigenvalue weighted by atomic mass is 10.0. The minimum Gasteiger partial charge on any atom is -0.390 e. The standard InChI is InChI=1S/C6H13NO3/c1-7-3-2-4(8)5(9)6(7)10/h4-6,8-10H,2-3H2,1H3/t4-,5+,6?/m1/s1. The van der Waals surface area contributed by atoms with E-state index in [0.29, 0.717) is 13.0 Å². The van der Waals surface area contributed by atoms with Gasteiger partial charge in [-0.05, 0) is 13.5 Å². The van der Waals surface area contributed by atoms with Crippen LogP contribution in [0.25, 0.3) is 0 Å². The smallest absolute Gasteiger partial charge is 0.135 e. The van der Waals surface area contributed by atoms with Crippen LogP contribution in [0.5, 0.6) is 0 Å². The molecule has 0 saturated carbocycles. The summed E-state index contributed by atoms with van der Waals surface area (Å²) in [5, 5.41) is 27.2. The Kier molecular flexibility index (Phi) is 2.25. The Morgan fingerprint density at radius 3 is 2.40 bits per heavy atom. The van der Waals surface area contributed by atoms with Gasteiger partial charge in [0.15, 0.2) is 0 Å². The van der Waals surface area contributed by atoms with Gasteiger partial charge in [0.25, 0.3) is 0 Å². The summed E-state index contributed by atoms with van der Waals surface area (Å²) in [7, 11) is 1.71. The van der Waals surface area contributed by atoms with Crippen LogP contribution < -0.4 is 0 Å². The minimum absolute atomic E-state index is 0.523. The molecule has 0 spiro atoms. The molecule has 1 heterocycles. The molecule has 60 valence electrons. The monoisotopic (exact) mass is 147 g/mol. The Hall–Kier alpha value is -0.160. The number of likely N-dealkylation sites (tertiary alicyclic amines) is 1. The molecule has 1 aliphatic heterocycles. The minimum atomic E-state index is -1.02. The van der Waals surface area contributed by atoms with Crippen molar-refractivity contribution >= 4 is 0 Å². The SMILES string of the molecule is CN1CC[C@@H](O)[C@H](O)C1O. The summed E-state index contributed by atoms with van der Waals surface area (Å²) in [5.74, 6) is 0. The summed E-state index contributed by atoms with van der Waals surface area (Å²) < 4.78 is 0. The highest BCUT2D eigenvalue weighted by Gasteiger charge is 2.32. The first kappa shape index (κ1) is 7.94. The molecule has 3 N–H and O–H groups in total. The molecule has 1 fully saturated rings. The van der Waals surface area contributed by atoms with E-state index in [9.17, 15) is 0 Å². The second-order valence-corrected chi connectivity index (χ2v) is 2.74. The Morgan fingerprint density at radius 1 is 1.30 bits per heavy atom. The van der Waals surface area contributed by atoms with E-state index in [1.165, 1.54) is 0 Å². The Balaban J connectivity index is 2.52. The lowest BCUT2D eigenvalue weighted by molar-refractivity contribution is -0.147. The van der Waals surface area contributed by atoms with Gasteiger partial charge >= 0.3 is 0 Å². The van der Waals surface area contributed by atoms with E-state index in [2.05, 4.69) is 0 Å². The molecule has 1 saturated heterocycles. The summed E-state index contributed by atoms with van der Waals surface area (Å²) in [6.45, 7) is 0.624. The molecule has 0 radical (unpaired) electrons. The molecule has 1 aliphatic rings. The second kappa shape index (κ2) is 2.84. The van der Waals surface area contributed by atoms with Gasteiger partial charge < -0.3 is 15.3 Å². The molecule has 1 unspecified atom stereocenters. The van der Waals surface area contributed by atoms with Crippen LogP contribution in [0.3, 0.4) is 0 Å². The predicted molar refractivity (Wildman–Crippen MR) is 35.3 cm³/mol. The zero-order valence-corrected chi connectivity index (χ0v) is 5.94. The fraction of sp³-hybridized carbons (Fsp3) is 1.00. The molecule has 0 aromatic carbocycles. The summed E-state index contributed by atoms with van der Waals surface area (Å²) in [4.78, 5) is 1.61. The van der Waals surface area contributed by atoms with Crippen LogP contribution in [0.1, 0.15) is 6.42 Å². The van der Waals surface area contributed by atoms with E-state index in [1.807, 2.05) is 0 Å². The highest BCUT2D eigenvalue weighted by Crippen LogP contribution is 2.13. The predicted octanol–water partition coefficient (Wildman–Crippen LogP) is -1.64. The molecular formula is C6H13NO3. The van der Waals surface area contributed by atoms with E-state index >= 15 is 0 Å². The highest BCUT2D eigenvalue weighted by molar-refractivity contribution is 4.80. The topological polar surface area (TPSA) is 63.9 Å². The maximum absolute atomic E-state index is 9.13. The third-order valence-corrected chi connectivity index (χ3v) is 1.93. The highest BCUT2D eigenvalue weighted by atomic mass is 16.4. The molecule has 0 amide bonds. The van der Waals surface area contributed by atoms with E-state index in [0.717, 1.165) is 0 Å². The van der Waals surface area contributed by atoms with Crippen molar-refractivity contribution < 1.29 is 15.3 Å². The van der Waals surface area contributed by atoms with Crippen molar-refractivity contribution in [2.75, 3.05) is 13.6 Å². The number of piperidine rings is 1. The van der Waals surface area contributed by atoms with Crippen LogP contribution in [-0.4, -0.2) is 52.2 Å². The Bertz CT molecular complexity index is 106. The van der Waals surface area contributed by atoms with Gasteiger partial charge in [0.1, 0.15) is 12.3 Å². The third-order valence-electron chi connectivity index (χ3n) is 1.93. The molecule has 0 aromatic heterocycles. The van der Waals surface area contributed by atoms with Crippen LogP contribution in [0.15, 0.2) is 0 Å². The van der Waals surface area contributed by atoms with Gasteiger partial charge in [0.2, 0.25) is 0 Å². The largest absolute Gasteiger partial charge is 0.390 e. The first-order valence-corrected chi connectivity index (χ1v) is 3.37. The van der Waals surface area contributed by atoms with Gasteiger partial charge in [0.05, 0.1) is 6.10 Å². The van der Waals surface area contributed by atoms with Gasteiger partial charge in [-0.25, -0.2) is 0 Å². The van der Waals surface area contributed by atoms with Crippen LogP contribution in [0.4, 0.5) is 0 Å². The van der Waals surface area contributed by atoms with Crippen LogP contribution in [0, 0.1) is 0 Å². The van der Waals surface area contributed by atoms with Gasteiger partial charge in [-0.2, -0.15) is 0 Å². The third kappa shape index (κ3) is 1.29. The number of hydrogen-bond donors (Lipinski definition) is 3. The van der Waals surface area contributed by atoms with Gasteiger partial charge in [-0.3, -0.25) is 4.90 Å². The molecule has 4 nitrogen and oxygen atoms in total. The molecule has 1 rings (SSSR count). The molecule has 0 bridgehead atoms. The Labute approximate surface area is 59.7 Å². The van der Waals surface area contributed by atoms with Crippen LogP contribution >= 0.6 is 0 Å². The first-order chi connectivity index (χ1) is 4.63. The number of aliphatic hydroxyl groups is 3. The maximum atomic E-state index is 9.13.